The fourth-order valence-corrected chi connectivity index (χ4v) is 2.30. The van der Waals surface area contributed by atoms with Crippen LogP contribution in [0.15, 0.2) is 47.1 Å². The first-order valence-electron chi connectivity index (χ1n) is 7.43. The summed E-state index contributed by atoms with van der Waals surface area (Å²) in [4.78, 5) is 16.7. The Bertz CT molecular complexity index is 1090. The van der Waals surface area contributed by atoms with Crippen LogP contribution in [0.5, 0.6) is 11.5 Å². The van der Waals surface area contributed by atoms with E-state index in [1.807, 2.05) is 12.1 Å². The first kappa shape index (κ1) is 18.1. The summed E-state index contributed by atoms with van der Waals surface area (Å²) >= 11 is 0. The Morgan fingerprint density at radius 3 is 2.67 bits per heavy atom. The summed E-state index contributed by atoms with van der Waals surface area (Å²) in [6.07, 6.45) is 2.07. The van der Waals surface area contributed by atoms with Gasteiger partial charge in [-0.1, -0.05) is 4.36 Å². The average molecular weight is 388 g/mol. The molecular formula is C15H12N6O5S. The fraction of sp³-hybridized carbons (Fsp3) is 0.133. The van der Waals surface area contributed by atoms with Gasteiger partial charge in [0, 0.05) is 18.0 Å². The maximum absolute atomic E-state index is 11.3. The second kappa shape index (κ2) is 8.14. The maximum Gasteiger partial charge on any atom is 0.454 e. The van der Waals surface area contributed by atoms with Crippen molar-refractivity contribution in [3.8, 4) is 22.9 Å². The minimum Gasteiger partial charge on any atom is -0.493 e. The molecule has 0 aliphatic heterocycles. The van der Waals surface area contributed by atoms with E-state index in [2.05, 4.69) is 24.8 Å². The van der Waals surface area contributed by atoms with Crippen LogP contribution in [0.3, 0.4) is 0 Å². The summed E-state index contributed by atoms with van der Waals surface area (Å²) in [7, 11) is -1.53. The third-order valence-corrected chi connectivity index (χ3v) is 3.59. The normalized spacial score (nSPS) is 10.3. The highest BCUT2D eigenvalue weighted by atomic mass is 32.2. The van der Waals surface area contributed by atoms with Crippen LogP contribution in [0.25, 0.3) is 11.4 Å². The lowest BCUT2D eigenvalue weighted by Gasteiger charge is -2.07. The van der Waals surface area contributed by atoms with Crippen molar-refractivity contribution in [2.75, 3.05) is 7.11 Å². The molecule has 0 N–H and O–H groups in total. The average Bonchev–Trinajstić information content (AvgIpc) is 3.10. The van der Waals surface area contributed by atoms with Crippen molar-refractivity contribution in [3.63, 3.8) is 0 Å². The summed E-state index contributed by atoms with van der Waals surface area (Å²) < 4.78 is 33.5. The number of aromatic nitrogens is 5. The van der Waals surface area contributed by atoms with Gasteiger partial charge in [0.15, 0.2) is 11.5 Å². The van der Waals surface area contributed by atoms with Crippen molar-refractivity contribution in [2.45, 2.75) is 6.54 Å². The number of rotatable bonds is 5. The highest BCUT2D eigenvalue weighted by molar-refractivity contribution is 7.62. The first-order valence-corrected chi connectivity index (χ1v) is 8.46. The lowest BCUT2D eigenvalue weighted by atomic mass is 10.2. The number of nitrogens with zero attached hydrogens (tertiary/aromatic N) is 6. The van der Waals surface area contributed by atoms with Crippen LogP contribution in [-0.4, -0.2) is 46.8 Å². The van der Waals surface area contributed by atoms with E-state index in [9.17, 15) is 13.2 Å². The largest absolute Gasteiger partial charge is 0.493 e. The predicted molar refractivity (Wildman–Crippen MR) is 90.5 cm³/mol. The molecular weight excluding hydrogens is 376 g/mol. The number of benzene rings is 1. The number of hydrogen-bond acceptors (Lipinski definition) is 9. The van der Waals surface area contributed by atoms with Crippen molar-refractivity contribution < 1.29 is 22.7 Å². The molecule has 0 bridgehead atoms. The van der Waals surface area contributed by atoms with Gasteiger partial charge in [0.1, 0.15) is 0 Å². The molecule has 3 aromatic rings. The van der Waals surface area contributed by atoms with Crippen LogP contribution in [-0.2, 0) is 17.0 Å². The molecule has 2 aromatic heterocycles. The van der Waals surface area contributed by atoms with Gasteiger partial charge in [0.05, 0.1) is 13.7 Å². The summed E-state index contributed by atoms with van der Waals surface area (Å²) in [6, 6.07) is 8.21. The van der Waals surface area contributed by atoms with Crippen LogP contribution in [0.4, 0.5) is 4.79 Å². The summed E-state index contributed by atoms with van der Waals surface area (Å²) in [5, 5.41) is 12.3. The molecule has 11 nitrogen and oxygen atoms in total. The van der Waals surface area contributed by atoms with Gasteiger partial charge >= 0.3 is 16.6 Å². The van der Waals surface area contributed by atoms with E-state index in [-0.39, 0.29) is 11.5 Å². The minimum atomic E-state index is -2.90. The third kappa shape index (κ3) is 4.70. The topological polar surface area (TPSA) is 139 Å². The zero-order chi connectivity index (χ0) is 19.2. The van der Waals surface area contributed by atoms with E-state index >= 15 is 0 Å². The Morgan fingerprint density at radius 2 is 1.96 bits per heavy atom. The maximum atomic E-state index is 11.3. The van der Waals surface area contributed by atoms with Crippen molar-refractivity contribution in [1.82, 2.24) is 25.2 Å². The SMILES string of the molecule is COc1cc(-c2nnn(Cc3ccncc3)n2)ccc1OC(=O)N=S(=O)=O. The molecule has 0 unspecified atom stereocenters. The van der Waals surface area contributed by atoms with E-state index in [1.54, 1.807) is 18.5 Å². The van der Waals surface area contributed by atoms with Gasteiger partial charge in [0.2, 0.25) is 5.82 Å². The van der Waals surface area contributed by atoms with E-state index in [0.717, 1.165) is 5.56 Å². The number of tetrazole rings is 1. The molecule has 0 saturated carbocycles. The van der Waals surface area contributed by atoms with Gasteiger partial charge in [-0.15, -0.1) is 10.2 Å². The van der Waals surface area contributed by atoms with Gasteiger partial charge < -0.3 is 9.47 Å². The molecule has 0 spiro atoms. The smallest absolute Gasteiger partial charge is 0.454 e. The van der Waals surface area contributed by atoms with Crippen LogP contribution in [0, 0.1) is 0 Å². The summed E-state index contributed by atoms with van der Waals surface area (Å²) in [5.74, 6) is 0.522. The van der Waals surface area contributed by atoms with Crippen LogP contribution >= 0.6 is 0 Å². The Morgan fingerprint density at radius 1 is 1.19 bits per heavy atom. The molecule has 12 heteroatoms. The summed E-state index contributed by atoms with van der Waals surface area (Å²) in [5.41, 5.74) is 1.53. The van der Waals surface area contributed by atoms with E-state index < -0.39 is 16.6 Å². The third-order valence-electron chi connectivity index (χ3n) is 3.29. The molecule has 0 saturated heterocycles. The molecule has 0 aliphatic carbocycles. The van der Waals surface area contributed by atoms with Crippen LogP contribution in [0.1, 0.15) is 5.56 Å². The lowest BCUT2D eigenvalue weighted by molar-refractivity contribution is 0.209. The van der Waals surface area contributed by atoms with Crippen molar-refractivity contribution in [3.05, 3.63) is 48.3 Å². The molecule has 3 rings (SSSR count). The highest BCUT2D eigenvalue weighted by Gasteiger charge is 2.14. The molecule has 138 valence electrons. The van der Waals surface area contributed by atoms with Crippen LogP contribution in [0.2, 0.25) is 0 Å². The standard InChI is InChI=1S/C15H12N6O5S/c1-25-13-8-11(2-3-12(13)26-15(22)19-27(23)24)14-17-20-21(18-14)9-10-4-6-16-7-5-10/h2-8H,9H2,1H3. The minimum absolute atomic E-state index is 0.00428. The second-order valence-corrected chi connectivity index (χ2v) is 5.66. The number of pyridine rings is 1. The molecule has 0 atom stereocenters. The number of ether oxygens (including phenoxy) is 2. The molecule has 0 radical (unpaired) electrons. The molecule has 1 amide bonds. The number of methoxy groups -OCH3 is 1. The van der Waals surface area contributed by atoms with Gasteiger partial charge in [-0.2, -0.15) is 13.2 Å². The molecule has 27 heavy (non-hydrogen) atoms. The quantitative estimate of drug-likeness (QED) is 0.633. The lowest BCUT2D eigenvalue weighted by Crippen LogP contribution is -2.04. The molecule has 0 aliphatic rings. The fourth-order valence-electron chi connectivity index (χ4n) is 2.14. The predicted octanol–water partition coefficient (Wildman–Crippen LogP) is 1.35. The zero-order valence-electron chi connectivity index (χ0n) is 13.9. The Hall–Kier alpha value is -3.67. The monoisotopic (exact) mass is 388 g/mol. The summed E-state index contributed by atoms with van der Waals surface area (Å²) in [6.45, 7) is 0.427. The molecule has 1 aromatic carbocycles. The zero-order valence-corrected chi connectivity index (χ0v) is 14.7. The number of carbonyl (C=O) groups excluding carboxylic acids is 1. The van der Waals surface area contributed by atoms with E-state index in [0.29, 0.717) is 17.9 Å². The Labute approximate surface area is 154 Å². The van der Waals surface area contributed by atoms with Crippen LogP contribution < -0.4 is 9.47 Å². The van der Waals surface area contributed by atoms with Crippen molar-refractivity contribution in [2.24, 2.45) is 4.36 Å². The Kier molecular flexibility index (Phi) is 5.47. The molecule has 0 fully saturated rings. The first-order chi connectivity index (χ1) is 13.0. The number of hydrogen-bond donors (Lipinski definition) is 0. The van der Waals surface area contributed by atoms with E-state index in [4.69, 9.17) is 9.47 Å². The second-order valence-electron chi connectivity index (χ2n) is 5.04. The molecule has 2 heterocycles. The van der Waals surface area contributed by atoms with Gasteiger partial charge in [0.25, 0.3) is 0 Å². The highest BCUT2D eigenvalue weighted by Crippen LogP contribution is 2.31. The van der Waals surface area contributed by atoms with E-state index in [1.165, 1.54) is 24.0 Å². The number of carbonyl (C=O) groups is 1. The van der Waals surface area contributed by atoms with Gasteiger partial charge in [-0.05, 0) is 41.1 Å². The van der Waals surface area contributed by atoms with Gasteiger partial charge in [-0.3, -0.25) is 4.98 Å². The van der Waals surface area contributed by atoms with Crippen molar-refractivity contribution >= 4 is 16.6 Å². The Balaban J connectivity index is 1.81. The number of amides is 1. The van der Waals surface area contributed by atoms with Crippen molar-refractivity contribution in [1.29, 1.82) is 0 Å². The van der Waals surface area contributed by atoms with Gasteiger partial charge in [-0.25, -0.2) is 4.79 Å².